The standard InChI is InChI=1S/C21H28N4O3.HI/c1-22-21(24-12-11-16-7-4-5-10-19(16)28-3)25-14-13-23-20(26)17-8-6-9-18(15-17)27-2;/h4-10,15H,11-14H2,1-3H3,(H,23,26)(H2,22,24,25);1H. The Hall–Kier alpha value is -2.49. The van der Waals surface area contributed by atoms with Crippen LogP contribution < -0.4 is 25.4 Å². The molecule has 0 saturated carbocycles. The number of aliphatic imine (C=N–C) groups is 1. The van der Waals surface area contributed by atoms with Gasteiger partial charge in [-0.15, -0.1) is 24.0 Å². The van der Waals surface area contributed by atoms with Crippen molar-refractivity contribution in [3.8, 4) is 11.5 Å². The summed E-state index contributed by atoms with van der Waals surface area (Å²) in [5.41, 5.74) is 1.71. The normalized spacial score (nSPS) is 10.5. The lowest BCUT2D eigenvalue weighted by atomic mass is 10.1. The number of hydrogen-bond acceptors (Lipinski definition) is 4. The second kappa shape index (κ2) is 13.6. The first-order valence-corrected chi connectivity index (χ1v) is 9.16. The number of guanidine groups is 1. The molecule has 0 heterocycles. The number of nitrogens with zero attached hydrogens (tertiary/aromatic N) is 1. The van der Waals surface area contributed by atoms with Crippen molar-refractivity contribution in [2.24, 2.45) is 4.99 Å². The van der Waals surface area contributed by atoms with Gasteiger partial charge in [-0.1, -0.05) is 24.3 Å². The van der Waals surface area contributed by atoms with Crippen molar-refractivity contribution < 1.29 is 14.3 Å². The van der Waals surface area contributed by atoms with Crippen molar-refractivity contribution in [2.45, 2.75) is 6.42 Å². The Morgan fingerprint density at radius 1 is 0.931 bits per heavy atom. The van der Waals surface area contributed by atoms with E-state index >= 15 is 0 Å². The molecule has 158 valence electrons. The van der Waals surface area contributed by atoms with E-state index in [4.69, 9.17) is 9.47 Å². The molecule has 2 aromatic rings. The van der Waals surface area contributed by atoms with Crippen LogP contribution in [0.4, 0.5) is 0 Å². The second-order valence-corrected chi connectivity index (χ2v) is 5.98. The van der Waals surface area contributed by atoms with E-state index in [1.165, 1.54) is 0 Å². The molecule has 0 bridgehead atoms. The summed E-state index contributed by atoms with van der Waals surface area (Å²) < 4.78 is 10.5. The van der Waals surface area contributed by atoms with Crippen LogP contribution in [0.2, 0.25) is 0 Å². The van der Waals surface area contributed by atoms with E-state index in [0.29, 0.717) is 30.4 Å². The first kappa shape index (κ1) is 24.5. The highest BCUT2D eigenvalue weighted by molar-refractivity contribution is 14.0. The number of carbonyl (C=O) groups excluding carboxylic acids is 1. The first-order chi connectivity index (χ1) is 13.7. The predicted octanol–water partition coefficient (Wildman–Crippen LogP) is 2.46. The molecule has 0 aliphatic rings. The van der Waals surface area contributed by atoms with Crippen molar-refractivity contribution in [3.63, 3.8) is 0 Å². The number of methoxy groups -OCH3 is 2. The van der Waals surface area contributed by atoms with E-state index in [1.807, 2.05) is 24.3 Å². The van der Waals surface area contributed by atoms with Crippen LogP contribution in [0, 0.1) is 0 Å². The maximum atomic E-state index is 12.2. The smallest absolute Gasteiger partial charge is 0.251 e. The third-order valence-electron chi connectivity index (χ3n) is 4.14. The summed E-state index contributed by atoms with van der Waals surface area (Å²) in [4.78, 5) is 16.4. The summed E-state index contributed by atoms with van der Waals surface area (Å²) in [7, 11) is 4.97. The molecule has 1 amide bonds. The van der Waals surface area contributed by atoms with Gasteiger partial charge in [0.1, 0.15) is 11.5 Å². The second-order valence-electron chi connectivity index (χ2n) is 5.98. The average molecular weight is 512 g/mol. The number of ether oxygens (including phenoxy) is 2. The molecule has 0 aliphatic heterocycles. The van der Waals surface area contributed by atoms with Gasteiger partial charge >= 0.3 is 0 Å². The van der Waals surface area contributed by atoms with E-state index in [9.17, 15) is 4.79 Å². The zero-order valence-corrected chi connectivity index (χ0v) is 19.4. The van der Waals surface area contributed by atoms with E-state index < -0.39 is 0 Å². The minimum Gasteiger partial charge on any atom is -0.497 e. The van der Waals surface area contributed by atoms with Crippen LogP contribution in [0.1, 0.15) is 15.9 Å². The van der Waals surface area contributed by atoms with Gasteiger partial charge in [-0.3, -0.25) is 9.79 Å². The highest BCUT2D eigenvalue weighted by Crippen LogP contribution is 2.17. The summed E-state index contributed by atoms with van der Waals surface area (Å²) in [6, 6.07) is 15.0. The highest BCUT2D eigenvalue weighted by Gasteiger charge is 2.06. The minimum absolute atomic E-state index is 0. The highest BCUT2D eigenvalue weighted by atomic mass is 127. The van der Waals surface area contributed by atoms with Gasteiger partial charge in [-0.2, -0.15) is 0 Å². The third-order valence-corrected chi connectivity index (χ3v) is 4.14. The fraction of sp³-hybridized carbons (Fsp3) is 0.333. The first-order valence-electron chi connectivity index (χ1n) is 9.16. The molecule has 0 atom stereocenters. The minimum atomic E-state index is -0.139. The maximum absolute atomic E-state index is 12.2. The molecule has 3 N–H and O–H groups in total. The molecule has 8 heteroatoms. The summed E-state index contributed by atoms with van der Waals surface area (Å²) in [5.74, 6) is 2.09. The van der Waals surface area contributed by atoms with Gasteiger partial charge in [0, 0.05) is 32.2 Å². The fourth-order valence-electron chi connectivity index (χ4n) is 2.67. The quantitative estimate of drug-likeness (QED) is 0.208. The number of benzene rings is 2. The van der Waals surface area contributed by atoms with Crippen molar-refractivity contribution in [2.75, 3.05) is 40.9 Å². The number of nitrogens with one attached hydrogen (secondary N) is 3. The molecule has 0 aliphatic carbocycles. The molecule has 0 saturated heterocycles. The lowest BCUT2D eigenvalue weighted by Crippen LogP contribution is -2.42. The predicted molar refractivity (Wildman–Crippen MR) is 127 cm³/mol. The zero-order chi connectivity index (χ0) is 20.2. The molecule has 7 nitrogen and oxygen atoms in total. The Morgan fingerprint density at radius 3 is 2.38 bits per heavy atom. The topological polar surface area (TPSA) is 84.0 Å². The van der Waals surface area contributed by atoms with Gasteiger partial charge in [0.25, 0.3) is 5.91 Å². The molecule has 0 aromatic heterocycles. The number of para-hydroxylation sites is 1. The third kappa shape index (κ3) is 8.18. The Morgan fingerprint density at radius 2 is 1.66 bits per heavy atom. The summed E-state index contributed by atoms with van der Waals surface area (Å²) in [6.07, 6.45) is 0.817. The van der Waals surface area contributed by atoms with Crippen molar-refractivity contribution >= 4 is 35.8 Å². The Balaban J connectivity index is 0.00000420. The Kier molecular flexibility index (Phi) is 11.6. The van der Waals surface area contributed by atoms with Crippen LogP contribution in [-0.4, -0.2) is 52.8 Å². The van der Waals surface area contributed by atoms with Crippen LogP contribution in [0.25, 0.3) is 0 Å². The van der Waals surface area contributed by atoms with Gasteiger partial charge in [0.15, 0.2) is 5.96 Å². The van der Waals surface area contributed by atoms with E-state index in [2.05, 4.69) is 20.9 Å². The van der Waals surface area contributed by atoms with Crippen molar-refractivity contribution in [1.29, 1.82) is 0 Å². The number of halogens is 1. The van der Waals surface area contributed by atoms with E-state index in [-0.39, 0.29) is 29.9 Å². The molecule has 0 unspecified atom stereocenters. The lowest BCUT2D eigenvalue weighted by molar-refractivity contribution is 0.0954. The van der Waals surface area contributed by atoms with Gasteiger partial charge in [-0.05, 0) is 36.2 Å². The Labute approximate surface area is 189 Å². The summed E-state index contributed by atoms with van der Waals surface area (Å²) in [6.45, 7) is 1.75. The molecule has 29 heavy (non-hydrogen) atoms. The van der Waals surface area contributed by atoms with Crippen LogP contribution in [0.15, 0.2) is 53.5 Å². The van der Waals surface area contributed by atoms with E-state index in [0.717, 1.165) is 24.3 Å². The molecular formula is C21H29IN4O3. The number of carbonyl (C=O) groups is 1. The zero-order valence-electron chi connectivity index (χ0n) is 17.0. The molecule has 2 aromatic carbocycles. The van der Waals surface area contributed by atoms with Gasteiger partial charge in [0.2, 0.25) is 0 Å². The van der Waals surface area contributed by atoms with Crippen LogP contribution in [-0.2, 0) is 6.42 Å². The number of hydrogen-bond donors (Lipinski definition) is 3. The Bertz CT molecular complexity index is 799. The molecule has 0 spiro atoms. The monoisotopic (exact) mass is 512 g/mol. The number of amides is 1. The van der Waals surface area contributed by atoms with Crippen LogP contribution in [0.5, 0.6) is 11.5 Å². The lowest BCUT2D eigenvalue weighted by Gasteiger charge is -2.13. The largest absolute Gasteiger partial charge is 0.497 e. The summed E-state index contributed by atoms with van der Waals surface area (Å²) >= 11 is 0. The van der Waals surface area contributed by atoms with Gasteiger partial charge < -0.3 is 25.4 Å². The molecule has 2 rings (SSSR count). The van der Waals surface area contributed by atoms with Crippen LogP contribution in [0.3, 0.4) is 0 Å². The van der Waals surface area contributed by atoms with Gasteiger partial charge in [0.05, 0.1) is 14.2 Å². The molecule has 0 fully saturated rings. The number of rotatable bonds is 9. The average Bonchev–Trinajstić information content (AvgIpc) is 2.75. The fourth-order valence-corrected chi connectivity index (χ4v) is 2.67. The molecular weight excluding hydrogens is 483 g/mol. The molecule has 0 radical (unpaired) electrons. The van der Waals surface area contributed by atoms with Crippen LogP contribution >= 0.6 is 24.0 Å². The SMILES string of the molecule is CN=C(NCCNC(=O)c1cccc(OC)c1)NCCc1ccccc1OC.I. The van der Waals surface area contributed by atoms with E-state index in [1.54, 1.807) is 45.5 Å². The maximum Gasteiger partial charge on any atom is 0.251 e. The van der Waals surface area contributed by atoms with Crippen molar-refractivity contribution in [3.05, 3.63) is 59.7 Å². The van der Waals surface area contributed by atoms with Gasteiger partial charge in [-0.25, -0.2) is 0 Å². The van der Waals surface area contributed by atoms with Crippen molar-refractivity contribution in [1.82, 2.24) is 16.0 Å². The summed E-state index contributed by atoms with van der Waals surface area (Å²) in [5, 5.41) is 9.31.